The van der Waals surface area contributed by atoms with Crippen LogP contribution in [0.15, 0.2) is 18.2 Å². The predicted molar refractivity (Wildman–Crippen MR) is 71.1 cm³/mol. The van der Waals surface area contributed by atoms with E-state index in [1.54, 1.807) is 6.07 Å². The minimum absolute atomic E-state index is 0.0388. The molecule has 1 aromatic carbocycles. The molecule has 4 heteroatoms. The second kappa shape index (κ2) is 4.84. The van der Waals surface area contributed by atoms with Crippen molar-refractivity contribution in [1.29, 1.82) is 0 Å². The zero-order chi connectivity index (χ0) is 12.5. The Morgan fingerprint density at radius 1 is 1.53 bits per heavy atom. The Bertz CT molecular complexity index is 390. The SMILES string of the molecule is CC1OCCC1(C)NCc1cc(N)cc(Cl)c1. The Balaban J connectivity index is 2.02. The lowest BCUT2D eigenvalue weighted by atomic mass is 9.94. The molecule has 2 rings (SSSR count). The van der Waals surface area contributed by atoms with Crippen molar-refractivity contribution in [2.24, 2.45) is 0 Å². The first kappa shape index (κ1) is 12.7. The number of nitrogens with two attached hydrogens (primary N) is 1. The van der Waals surface area contributed by atoms with Crippen LogP contribution in [0, 0.1) is 0 Å². The summed E-state index contributed by atoms with van der Waals surface area (Å²) < 4.78 is 5.59. The highest BCUT2D eigenvalue weighted by Crippen LogP contribution is 2.26. The summed E-state index contributed by atoms with van der Waals surface area (Å²) in [5.41, 5.74) is 7.62. The highest BCUT2D eigenvalue weighted by Gasteiger charge is 2.36. The van der Waals surface area contributed by atoms with Gasteiger partial charge in [0.15, 0.2) is 0 Å². The molecule has 0 radical (unpaired) electrons. The molecule has 3 nitrogen and oxygen atoms in total. The van der Waals surface area contributed by atoms with Gasteiger partial charge in [-0.15, -0.1) is 0 Å². The van der Waals surface area contributed by atoms with E-state index in [1.807, 2.05) is 12.1 Å². The minimum Gasteiger partial charge on any atom is -0.399 e. The summed E-state index contributed by atoms with van der Waals surface area (Å²) in [6, 6.07) is 5.64. The Kier molecular flexibility index (Phi) is 3.61. The van der Waals surface area contributed by atoms with E-state index in [-0.39, 0.29) is 11.6 Å². The first-order chi connectivity index (χ1) is 7.99. The number of rotatable bonds is 3. The first-order valence-electron chi connectivity index (χ1n) is 5.91. The van der Waals surface area contributed by atoms with Crippen LogP contribution < -0.4 is 11.1 Å². The molecule has 0 amide bonds. The van der Waals surface area contributed by atoms with Crippen LogP contribution in [0.25, 0.3) is 0 Å². The van der Waals surface area contributed by atoms with Crippen molar-refractivity contribution in [3.8, 4) is 0 Å². The van der Waals surface area contributed by atoms with Crippen molar-refractivity contribution in [1.82, 2.24) is 5.32 Å². The number of benzene rings is 1. The lowest BCUT2D eigenvalue weighted by Gasteiger charge is -2.29. The molecule has 1 aliphatic heterocycles. The Labute approximate surface area is 107 Å². The van der Waals surface area contributed by atoms with E-state index in [1.165, 1.54) is 0 Å². The zero-order valence-electron chi connectivity index (χ0n) is 10.3. The van der Waals surface area contributed by atoms with Crippen LogP contribution in [-0.4, -0.2) is 18.2 Å². The molecule has 0 aliphatic carbocycles. The van der Waals surface area contributed by atoms with E-state index in [4.69, 9.17) is 22.1 Å². The van der Waals surface area contributed by atoms with Gasteiger partial charge in [0, 0.05) is 29.4 Å². The summed E-state index contributed by atoms with van der Waals surface area (Å²) in [6.07, 6.45) is 1.27. The molecule has 3 N–H and O–H groups in total. The number of nitrogens with one attached hydrogen (secondary N) is 1. The second-order valence-corrected chi connectivity index (χ2v) is 5.36. The van der Waals surface area contributed by atoms with Crippen LogP contribution in [0.3, 0.4) is 0 Å². The van der Waals surface area contributed by atoms with Crippen molar-refractivity contribution in [2.45, 2.75) is 38.5 Å². The van der Waals surface area contributed by atoms with E-state index >= 15 is 0 Å². The van der Waals surface area contributed by atoms with E-state index in [0.717, 1.165) is 25.1 Å². The molecule has 1 aliphatic rings. The molecular formula is C13H19ClN2O. The molecule has 1 fully saturated rings. The lowest BCUT2D eigenvalue weighted by molar-refractivity contribution is 0.0881. The van der Waals surface area contributed by atoms with Gasteiger partial charge in [0.1, 0.15) is 0 Å². The van der Waals surface area contributed by atoms with Gasteiger partial charge >= 0.3 is 0 Å². The van der Waals surface area contributed by atoms with Gasteiger partial charge < -0.3 is 15.8 Å². The Morgan fingerprint density at radius 2 is 2.29 bits per heavy atom. The van der Waals surface area contributed by atoms with Crippen molar-refractivity contribution in [2.75, 3.05) is 12.3 Å². The molecule has 1 saturated heterocycles. The van der Waals surface area contributed by atoms with Gasteiger partial charge in [-0.3, -0.25) is 0 Å². The van der Waals surface area contributed by atoms with Gasteiger partial charge in [-0.1, -0.05) is 11.6 Å². The quantitative estimate of drug-likeness (QED) is 0.815. The maximum absolute atomic E-state index is 5.98. The monoisotopic (exact) mass is 254 g/mol. The lowest BCUT2D eigenvalue weighted by Crippen LogP contribution is -2.47. The maximum atomic E-state index is 5.98. The number of hydrogen-bond acceptors (Lipinski definition) is 3. The molecule has 17 heavy (non-hydrogen) atoms. The van der Waals surface area contributed by atoms with Gasteiger partial charge in [0.25, 0.3) is 0 Å². The summed E-state index contributed by atoms with van der Waals surface area (Å²) in [5.74, 6) is 0. The molecule has 0 spiro atoms. The number of nitrogen functional groups attached to an aromatic ring is 1. The van der Waals surface area contributed by atoms with Gasteiger partial charge in [-0.05, 0) is 44.0 Å². The molecule has 0 saturated carbocycles. The fraction of sp³-hybridized carbons (Fsp3) is 0.538. The fourth-order valence-electron chi connectivity index (χ4n) is 2.15. The maximum Gasteiger partial charge on any atom is 0.0726 e. The molecular weight excluding hydrogens is 236 g/mol. The van der Waals surface area contributed by atoms with Crippen LogP contribution in [-0.2, 0) is 11.3 Å². The Morgan fingerprint density at radius 3 is 2.88 bits per heavy atom. The van der Waals surface area contributed by atoms with Crippen molar-refractivity contribution in [3.63, 3.8) is 0 Å². The van der Waals surface area contributed by atoms with Gasteiger partial charge in [-0.2, -0.15) is 0 Å². The zero-order valence-corrected chi connectivity index (χ0v) is 11.1. The second-order valence-electron chi connectivity index (χ2n) is 4.93. The number of anilines is 1. The third kappa shape index (κ3) is 2.92. The number of hydrogen-bond donors (Lipinski definition) is 2. The predicted octanol–water partition coefficient (Wildman–Crippen LogP) is 2.58. The summed E-state index contributed by atoms with van der Waals surface area (Å²) >= 11 is 5.98. The molecule has 0 bridgehead atoms. The van der Waals surface area contributed by atoms with Crippen LogP contribution in [0.5, 0.6) is 0 Å². The van der Waals surface area contributed by atoms with Crippen molar-refractivity contribution in [3.05, 3.63) is 28.8 Å². The highest BCUT2D eigenvalue weighted by molar-refractivity contribution is 6.30. The summed E-state index contributed by atoms with van der Waals surface area (Å²) in [5, 5.41) is 4.22. The summed E-state index contributed by atoms with van der Waals surface area (Å²) in [7, 11) is 0. The third-order valence-corrected chi connectivity index (χ3v) is 3.78. The van der Waals surface area contributed by atoms with Crippen LogP contribution in [0.1, 0.15) is 25.8 Å². The average Bonchev–Trinajstić information content (AvgIpc) is 2.56. The number of ether oxygens (including phenoxy) is 1. The molecule has 1 heterocycles. The molecule has 1 aromatic rings. The van der Waals surface area contributed by atoms with Gasteiger partial charge in [-0.25, -0.2) is 0 Å². The van der Waals surface area contributed by atoms with Gasteiger partial charge in [0.05, 0.1) is 6.10 Å². The summed E-state index contributed by atoms with van der Waals surface area (Å²) in [6.45, 7) is 5.88. The van der Waals surface area contributed by atoms with E-state index < -0.39 is 0 Å². The molecule has 94 valence electrons. The third-order valence-electron chi connectivity index (χ3n) is 3.56. The highest BCUT2D eigenvalue weighted by atomic mass is 35.5. The fourth-order valence-corrected chi connectivity index (χ4v) is 2.41. The standard InChI is InChI=1S/C13H19ClN2O/c1-9-13(2,3-4-17-9)16-8-10-5-11(14)7-12(15)6-10/h5-7,9,16H,3-4,8,15H2,1-2H3. The number of halogens is 1. The van der Waals surface area contributed by atoms with Crippen LogP contribution >= 0.6 is 11.6 Å². The van der Waals surface area contributed by atoms with Crippen LogP contribution in [0.4, 0.5) is 5.69 Å². The van der Waals surface area contributed by atoms with E-state index in [2.05, 4.69) is 19.2 Å². The topological polar surface area (TPSA) is 47.3 Å². The minimum atomic E-state index is 0.0388. The molecule has 0 aromatic heterocycles. The van der Waals surface area contributed by atoms with E-state index in [0.29, 0.717) is 10.7 Å². The molecule has 2 atom stereocenters. The largest absolute Gasteiger partial charge is 0.399 e. The average molecular weight is 255 g/mol. The Hall–Kier alpha value is -0.770. The first-order valence-corrected chi connectivity index (χ1v) is 6.29. The van der Waals surface area contributed by atoms with Gasteiger partial charge in [0.2, 0.25) is 0 Å². The smallest absolute Gasteiger partial charge is 0.0726 e. The van der Waals surface area contributed by atoms with Crippen LogP contribution in [0.2, 0.25) is 5.02 Å². The summed E-state index contributed by atoms with van der Waals surface area (Å²) in [4.78, 5) is 0. The van der Waals surface area contributed by atoms with E-state index in [9.17, 15) is 0 Å². The van der Waals surface area contributed by atoms with Crippen molar-refractivity contribution >= 4 is 17.3 Å². The van der Waals surface area contributed by atoms with Crippen molar-refractivity contribution < 1.29 is 4.74 Å². The molecule has 2 unspecified atom stereocenters. The normalized spacial score (nSPS) is 28.5.